The smallest absolute Gasteiger partial charge is 0.274 e. The van der Waals surface area contributed by atoms with Crippen molar-refractivity contribution in [2.75, 3.05) is 5.32 Å². The zero-order valence-electron chi connectivity index (χ0n) is 9.98. The third kappa shape index (κ3) is 3.16. The van der Waals surface area contributed by atoms with Crippen molar-refractivity contribution in [1.82, 2.24) is 4.57 Å². The lowest BCUT2D eigenvalue weighted by atomic mass is 10.2. The number of pyridine rings is 1. The maximum Gasteiger partial charge on any atom is 0.274 e. The molecule has 1 aromatic heterocycles. The van der Waals surface area contributed by atoms with Crippen LogP contribution in [-0.2, 0) is 7.05 Å². The number of carbonyl (C=O) groups excluding carboxylic acids is 1. The Kier molecular flexibility index (Phi) is 3.93. The average Bonchev–Trinajstić information content (AvgIpc) is 2.33. The SMILES string of the molecule is Cn1cccc(NC(=O)c2cc(Cl)cc(Cl)c2)c1=O. The fraction of sp³-hybridized carbons (Fsp3) is 0.0769. The molecule has 0 saturated carbocycles. The Morgan fingerprint density at radius 3 is 2.47 bits per heavy atom. The van der Waals surface area contributed by atoms with Gasteiger partial charge in [-0.3, -0.25) is 9.59 Å². The molecule has 0 aliphatic heterocycles. The van der Waals surface area contributed by atoms with Gasteiger partial charge in [0.15, 0.2) is 0 Å². The predicted molar refractivity (Wildman–Crippen MR) is 76.1 cm³/mol. The van der Waals surface area contributed by atoms with Crippen LogP contribution < -0.4 is 10.9 Å². The van der Waals surface area contributed by atoms with E-state index in [2.05, 4.69) is 5.32 Å². The fourth-order valence-electron chi connectivity index (χ4n) is 1.57. The zero-order valence-corrected chi connectivity index (χ0v) is 11.5. The van der Waals surface area contributed by atoms with Gasteiger partial charge in [0, 0.05) is 28.9 Å². The number of hydrogen-bond donors (Lipinski definition) is 1. The summed E-state index contributed by atoms with van der Waals surface area (Å²) in [5.41, 5.74) is 0.207. The van der Waals surface area contributed by atoms with Gasteiger partial charge in [-0.1, -0.05) is 23.2 Å². The topological polar surface area (TPSA) is 51.1 Å². The number of aromatic nitrogens is 1. The second kappa shape index (κ2) is 5.47. The second-order valence-corrected chi connectivity index (χ2v) is 4.82. The summed E-state index contributed by atoms with van der Waals surface area (Å²) >= 11 is 11.6. The molecule has 4 nitrogen and oxygen atoms in total. The van der Waals surface area contributed by atoms with Crippen LogP contribution in [0.3, 0.4) is 0 Å². The van der Waals surface area contributed by atoms with Gasteiger partial charge in [-0.15, -0.1) is 0 Å². The summed E-state index contributed by atoms with van der Waals surface area (Å²) in [6, 6.07) is 7.70. The summed E-state index contributed by atoms with van der Waals surface area (Å²) in [6.45, 7) is 0. The maximum atomic E-state index is 12.0. The summed E-state index contributed by atoms with van der Waals surface area (Å²) in [5.74, 6) is -0.437. The summed E-state index contributed by atoms with van der Waals surface area (Å²) in [7, 11) is 1.61. The van der Waals surface area contributed by atoms with Gasteiger partial charge in [-0.25, -0.2) is 0 Å². The lowest BCUT2D eigenvalue weighted by molar-refractivity contribution is 0.102. The van der Waals surface area contributed by atoms with Crippen LogP contribution in [0, 0.1) is 0 Å². The Balaban J connectivity index is 2.31. The quantitative estimate of drug-likeness (QED) is 0.926. The van der Waals surface area contributed by atoms with E-state index >= 15 is 0 Å². The number of amides is 1. The minimum Gasteiger partial charge on any atom is -0.317 e. The molecule has 98 valence electrons. The molecule has 0 spiro atoms. The number of rotatable bonds is 2. The lowest BCUT2D eigenvalue weighted by Crippen LogP contribution is -2.23. The standard InChI is InChI=1S/C13H10Cl2N2O2/c1-17-4-2-3-11(13(17)19)16-12(18)8-5-9(14)7-10(15)6-8/h2-7H,1H3,(H,16,18). The van der Waals surface area contributed by atoms with Crippen molar-refractivity contribution in [2.24, 2.45) is 7.05 Å². The van der Waals surface area contributed by atoms with Crippen molar-refractivity contribution >= 4 is 34.8 Å². The van der Waals surface area contributed by atoms with Gasteiger partial charge in [0.1, 0.15) is 5.69 Å². The molecule has 0 unspecified atom stereocenters. The Bertz CT molecular complexity index is 675. The van der Waals surface area contributed by atoms with Crippen molar-refractivity contribution < 1.29 is 4.79 Å². The third-order valence-electron chi connectivity index (χ3n) is 2.50. The van der Waals surface area contributed by atoms with E-state index in [9.17, 15) is 9.59 Å². The zero-order chi connectivity index (χ0) is 14.0. The number of halogens is 2. The van der Waals surface area contributed by atoms with E-state index in [-0.39, 0.29) is 11.2 Å². The van der Waals surface area contributed by atoms with Crippen molar-refractivity contribution in [1.29, 1.82) is 0 Å². The molecule has 1 heterocycles. The van der Waals surface area contributed by atoms with Crippen molar-refractivity contribution in [3.8, 4) is 0 Å². The minimum atomic E-state index is -0.437. The molecular weight excluding hydrogens is 287 g/mol. The van der Waals surface area contributed by atoms with Crippen LogP contribution in [0.1, 0.15) is 10.4 Å². The van der Waals surface area contributed by atoms with Crippen molar-refractivity contribution in [3.05, 3.63) is 62.5 Å². The Hall–Kier alpha value is -1.78. The van der Waals surface area contributed by atoms with Gasteiger partial charge < -0.3 is 9.88 Å². The van der Waals surface area contributed by atoms with Crippen LogP contribution in [0.15, 0.2) is 41.3 Å². The summed E-state index contributed by atoms with van der Waals surface area (Å²) < 4.78 is 1.38. The Morgan fingerprint density at radius 2 is 1.84 bits per heavy atom. The predicted octanol–water partition coefficient (Wildman–Crippen LogP) is 2.94. The third-order valence-corrected chi connectivity index (χ3v) is 2.93. The van der Waals surface area contributed by atoms with Gasteiger partial charge in [-0.2, -0.15) is 0 Å². The molecule has 0 radical (unpaired) electrons. The minimum absolute atomic E-state index is 0.200. The van der Waals surface area contributed by atoms with E-state index in [1.54, 1.807) is 19.3 Å². The molecule has 1 aromatic carbocycles. The molecule has 0 bridgehead atoms. The van der Waals surface area contributed by atoms with Crippen molar-refractivity contribution in [3.63, 3.8) is 0 Å². The lowest BCUT2D eigenvalue weighted by Gasteiger charge is -2.06. The van der Waals surface area contributed by atoms with Gasteiger partial charge in [0.2, 0.25) is 0 Å². The van der Waals surface area contributed by atoms with Gasteiger partial charge in [0.25, 0.3) is 11.5 Å². The molecule has 0 saturated heterocycles. The first-order chi connectivity index (χ1) is 8.97. The molecule has 1 amide bonds. The highest BCUT2D eigenvalue weighted by Crippen LogP contribution is 2.19. The van der Waals surface area contributed by atoms with Crippen LogP contribution >= 0.6 is 23.2 Å². The molecule has 0 aliphatic carbocycles. The number of benzene rings is 1. The number of anilines is 1. The Morgan fingerprint density at radius 1 is 1.21 bits per heavy atom. The van der Waals surface area contributed by atoms with Crippen LogP contribution in [0.5, 0.6) is 0 Å². The van der Waals surface area contributed by atoms with E-state index < -0.39 is 5.91 Å². The number of carbonyl (C=O) groups is 1. The van der Waals surface area contributed by atoms with E-state index in [1.165, 1.54) is 28.8 Å². The van der Waals surface area contributed by atoms with Gasteiger partial charge in [-0.05, 0) is 30.3 Å². The molecule has 19 heavy (non-hydrogen) atoms. The molecule has 1 N–H and O–H groups in total. The van der Waals surface area contributed by atoms with Crippen LogP contribution in [-0.4, -0.2) is 10.5 Å². The number of nitrogens with zero attached hydrogens (tertiary/aromatic N) is 1. The molecule has 6 heteroatoms. The molecule has 0 fully saturated rings. The molecule has 0 aliphatic rings. The van der Waals surface area contributed by atoms with E-state index in [0.29, 0.717) is 15.6 Å². The first-order valence-corrected chi connectivity index (χ1v) is 6.16. The van der Waals surface area contributed by atoms with Gasteiger partial charge >= 0.3 is 0 Å². The molecule has 2 aromatic rings. The summed E-state index contributed by atoms with van der Waals surface area (Å²) in [5, 5.41) is 3.25. The normalized spacial score (nSPS) is 10.3. The molecule has 2 rings (SSSR count). The second-order valence-electron chi connectivity index (χ2n) is 3.95. The molecule has 0 atom stereocenters. The van der Waals surface area contributed by atoms with E-state index in [4.69, 9.17) is 23.2 Å². The Labute approximate surface area is 119 Å². The van der Waals surface area contributed by atoms with Crippen LogP contribution in [0.4, 0.5) is 5.69 Å². The van der Waals surface area contributed by atoms with E-state index in [1.807, 2.05) is 0 Å². The number of hydrogen-bond acceptors (Lipinski definition) is 2. The first kappa shape index (κ1) is 13.6. The molecular formula is C13H10Cl2N2O2. The highest BCUT2D eigenvalue weighted by atomic mass is 35.5. The highest BCUT2D eigenvalue weighted by Gasteiger charge is 2.10. The number of aryl methyl sites for hydroxylation is 1. The first-order valence-electron chi connectivity index (χ1n) is 5.40. The highest BCUT2D eigenvalue weighted by molar-refractivity contribution is 6.35. The summed E-state index contributed by atoms with van der Waals surface area (Å²) in [6.07, 6.45) is 1.61. The monoisotopic (exact) mass is 296 g/mol. The maximum absolute atomic E-state index is 12.0. The van der Waals surface area contributed by atoms with E-state index in [0.717, 1.165) is 0 Å². The summed E-state index contributed by atoms with van der Waals surface area (Å²) in [4.78, 5) is 23.8. The van der Waals surface area contributed by atoms with Crippen LogP contribution in [0.25, 0.3) is 0 Å². The van der Waals surface area contributed by atoms with Crippen LogP contribution in [0.2, 0.25) is 10.0 Å². The van der Waals surface area contributed by atoms with Crippen molar-refractivity contribution in [2.45, 2.75) is 0 Å². The fourth-order valence-corrected chi connectivity index (χ4v) is 2.10. The number of nitrogens with one attached hydrogen (secondary N) is 1. The van der Waals surface area contributed by atoms with Gasteiger partial charge in [0.05, 0.1) is 0 Å². The largest absolute Gasteiger partial charge is 0.317 e. The average molecular weight is 297 g/mol.